The number of sulfone groups is 1. The molecule has 1 aliphatic heterocycles. The maximum atomic E-state index is 12.1. The molecule has 112 valence electrons. The van der Waals surface area contributed by atoms with Gasteiger partial charge in [-0.05, 0) is 25.0 Å². The third-order valence-electron chi connectivity index (χ3n) is 3.07. The Bertz CT molecular complexity index is 656. The number of hydrazine groups is 1. The van der Waals surface area contributed by atoms with Gasteiger partial charge in [-0.15, -0.1) is 0 Å². The second-order valence-corrected chi connectivity index (χ2v) is 8.59. The molecule has 1 aromatic rings. The highest BCUT2D eigenvalue weighted by Gasteiger charge is 2.27. The van der Waals surface area contributed by atoms with Gasteiger partial charge in [0.05, 0.1) is 11.5 Å². The van der Waals surface area contributed by atoms with Crippen molar-refractivity contribution in [3.05, 3.63) is 18.3 Å². The molecule has 1 saturated heterocycles. The predicted octanol–water partition coefficient (Wildman–Crippen LogP) is -0.777. The van der Waals surface area contributed by atoms with Gasteiger partial charge in [-0.25, -0.2) is 32.4 Å². The van der Waals surface area contributed by atoms with Crippen LogP contribution >= 0.6 is 0 Å². The lowest BCUT2D eigenvalue weighted by atomic mass is 10.2. The van der Waals surface area contributed by atoms with Crippen LogP contribution < -0.4 is 16.0 Å². The van der Waals surface area contributed by atoms with Crippen LogP contribution in [0.2, 0.25) is 0 Å². The van der Waals surface area contributed by atoms with Crippen LogP contribution in [0.15, 0.2) is 23.2 Å². The normalized spacial score (nSPS) is 19.6. The minimum atomic E-state index is -3.70. The second kappa shape index (κ2) is 5.64. The summed E-state index contributed by atoms with van der Waals surface area (Å²) in [4.78, 5) is 3.85. The number of nitrogens with one attached hydrogen (secondary N) is 2. The SMILES string of the molecule is NNc1ccc(S(=O)(=O)NC2CCS(=O)(=O)CC2)cn1. The molecule has 0 aliphatic carbocycles. The van der Waals surface area contributed by atoms with Crippen LogP contribution in [0.1, 0.15) is 12.8 Å². The van der Waals surface area contributed by atoms with Gasteiger partial charge in [-0.1, -0.05) is 0 Å². The van der Waals surface area contributed by atoms with Crippen LogP contribution in [0.5, 0.6) is 0 Å². The summed E-state index contributed by atoms with van der Waals surface area (Å²) >= 11 is 0. The Morgan fingerprint density at radius 1 is 1.25 bits per heavy atom. The lowest BCUT2D eigenvalue weighted by Crippen LogP contribution is -2.40. The summed E-state index contributed by atoms with van der Waals surface area (Å²) in [5.41, 5.74) is 2.30. The van der Waals surface area contributed by atoms with Gasteiger partial charge in [0.1, 0.15) is 20.6 Å². The zero-order valence-corrected chi connectivity index (χ0v) is 12.2. The molecule has 0 saturated carbocycles. The third kappa shape index (κ3) is 3.66. The first-order chi connectivity index (χ1) is 9.32. The number of hydrogen-bond acceptors (Lipinski definition) is 7. The highest BCUT2D eigenvalue weighted by Crippen LogP contribution is 2.16. The molecule has 10 heteroatoms. The topological polar surface area (TPSA) is 131 Å². The Morgan fingerprint density at radius 3 is 2.40 bits per heavy atom. The van der Waals surface area contributed by atoms with Crippen molar-refractivity contribution in [1.82, 2.24) is 9.71 Å². The number of pyridine rings is 1. The monoisotopic (exact) mass is 320 g/mol. The molecule has 0 spiro atoms. The molecule has 4 N–H and O–H groups in total. The summed E-state index contributed by atoms with van der Waals surface area (Å²) < 4.78 is 49.3. The molecule has 0 radical (unpaired) electrons. The van der Waals surface area contributed by atoms with E-state index in [0.717, 1.165) is 0 Å². The Hall–Kier alpha value is -1.23. The molecule has 8 nitrogen and oxygen atoms in total. The van der Waals surface area contributed by atoms with E-state index in [2.05, 4.69) is 15.1 Å². The summed E-state index contributed by atoms with van der Waals surface area (Å²) in [6.07, 6.45) is 1.77. The van der Waals surface area contributed by atoms with Crippen LogP contribution in [-0.2, 0) is 19.9 Å². The maximum Gasteiger partial charge on any atom is 0.242 e. The largest absolute Gasteiger partial charge is 0.308 e. The molecule has 0 atom stereocenters. The number of sulfonamides is 1. The van der Waals surface area contributed by atoms with Gasteiger partial charge in [0.15, 0.2) is 0 Å². The molecule has 0 aromatic carbocycles. The van der Waals surface area contributed by atoms with Crippen LogP contribution in [0, 0.1) is 0 Å². The Kier molecular flexibility index (Phi) is 4.28. The van der Waals surface area contributed by atoms with E-state index in [0.29, 0.717) is 5.82 Å². The fourth-order valence-corrected chi connectivity index (χ4v) is 4.66. The van der Waals surface area contributed by atoms with Gasteiger partial charge >= 0.3 is 0 Å². The van der Waals surface area contributed by atoms with Gasteiger partial charge in [0, 0.05) is 12.2 Å². The van der Waals surface area contributed by atoms with E-state index >= 15 is 0 Å². The van der Waals surface area contributed by atoms with Crippen molar-refractivity contribution < 1.29 is 16.8 Å². The number of aromatic nitrogens is 1. The van der Waals surface area contributed by atoms with Crippen molar-refractivity contribution in [2.45, 2.75) is 23.8 Å². The molecule has 0 amide bonds. The van der Waals surface area contributed by atoms with Crippen LogP contribution in [0.25, 0.3) is 0 Å². The molecular weight excluding hydrogens is 304 g/mol. The van der Waals surface area contributed by atoms with Crippen molar-refractivity contribution in [2.75, 3.05) is 16.9 Å². The molecule has 2 heterocycles. The van der Waals surface area contributed by atoms with E-state index in [1.54, 1.807) is 0 Å². The van der Waals surface area contributed by atoms with Crippen molar-refractivity contribution in [3.8, 4) is 0 Å². The highest BCUT2D eigenvalue weighted by molar-refractivity contribution is 7.91. The fourth-order valence-electron chi connectivity index (χ4n) is 1.92. The smallest absolute Gasteiger partial charge is 0.242 e. The minimum Gasteiger partial charge on any atom is -0.308 e. The third-order valence-corrected chi connectivity index (χ3v) is 6.29. The second-order valence-electron chi connectivity index (χ2n) is 4.57. The first-order valence-electron chi connectivity index (χ1n) is 5.98. The number of nitrogen functional groups attached to an aromatic ring is 1. The summed E-state index contributed by atoms with van der Waals surface area (Å²) in [5, 5.41) is 0. The molecule has 2 rings (SSSR count). The van der Waals surface area contributed by atoms with Crippen molar-refractivity contribution >= 4 is 25.7 Å². The number of hydrogen-bond donors (Lipinski definition) is 3. The molecule has 0 bridgehead atoms. The summed E-state index contributed by atoms with van der Waals surface area (Å²) in [6, 6.07) is 2.46. The Labute approximate surface area is 117 Å². The number of anilines is 1. The Balaban J connectivity index is 2.07. The molecule has 1 fully saturated rings. The van der Waals surface area contributed by atoms with E-state index in [-0.39, 0.29) is 35.3 Å². The van der Waals surface area contributed by atoms with Crippen LogP contribution in [0.3, 0.4) is 0 Å². The van der Waals surface area contributed by atoms with Crippen LogP contribution in [0.4, 0.5) is 5.82 Å². The van der Waals surface area contributed by atoms with Gasteiger partial charge in [0.25, 0.3) is 0 Å². The summed E-state index contributed by atoms with van der Waals surface area (Å²) in [5.74, 6) is 5.52. The molecule has 1 aliphatic rings. The zero-order chi connectivity index (χ0) is 14.8. The fraction of sp³-hybridized carbons (Fsp3) is 0.500. The van der Waals surface area contributed by atoms with E-state index in [1.807, 2.05) is 0 Å². The summed E-state index contributed by atoms with van der Waals surface area (Å²) in [7, 11) is -6.71. The van der Waals surface area contributed by atoms with Crippen molar-refractivity contribution in [2.24, 2.45) is 5.84 Å². The maximum absolute atomic E-state index is 12.1. The lowest BCUT2D eigenvalue weighted by molar-refractivity contribution is 0.505. The van der Waals surface area contributed by atoms with E-state index in [4.69, 9.17) is 5.84 Å². The highest BCUT2D eigenvalue weighted by atomic mass is 32.2. The molecule has 1 aromatic heterocycles. The van der Waals surface area contributed by atoms with Crippen LogP contribution in [-0.4, -0.2) is 39.4 Å². The van der Waals surface area contributed by atoms with E-state index in [1.165, 1.54) is 18.3 Å². The number of nitrogens with two attached hydrogens (primary N) is 1. The average Bonchev–Trinajstić information content (AvgIpc) is 2.41. The predicted molar refractivity (Wildman–Crippen MR) is 74.0 cm³/mol. The first-order valence-corrected chi connectivity index (χ1v) is 9.28. The van der Waals surface area contributed by atoms with E-state index < -0.39 is 19.9 Å². The standard InChI is InChI=1S/C10H16N4O4S2/c11-13-10-2-1-9(7-12-10)20(17,18)14-8-3-5-19(15,16)6-4-8/h1-2,7-8,14H,3-6,11H2,(H,12,13). The average molecular weight is 320 g/mol. The zero-order valence-electron chi connectivity index (χ0n) is 10.6. The Morgan fingerprint density at radius 2 is 1.90 bits per heavy atom. The van der Waals surface area contributed by atoms with Crippen molar-refractivity contribution in [1.29, 1.82) is 0 Å². The van der Waals surface area contributed by atoms with Gasteiger partial charge in [-0.3, -0.25) is 0 Å². The quantitative estimate of drug-likeness (QED) is 0.490. The van der Waals surface area contributed by atoms with Gasteiger partial charge in [-0.2, -0.15) is 0 Å². The number of rotatable bonds is 4. The first kappa shape index (κ1) is 15.2. The molecule has 0 unspecified atom stereocenters. The minimum absolute atomic E-state index is 0.00840. The van der Waals surface area contributed by atoms with Gasteiger partial charge in [0.2, 0.25) is 10.0 Å². The molecule has 20 heavy (non-hydrogen) atoms. The lowest BCUT2D eigenvalue weighted by Gasteiger charge is -2.22. The van der Waals surface area contributed by atoms with Crippen molar-refractivity contribution in [3.63, 3.8) is 0 Å². The summed E-state index contributed by atoms with van der Waals surface area (Å²) in [6.45, 7) is 0. The number of nitrogens with zero attached hydrogens (tertiary/aromatic N) is 1. The van der Waals surface area contributed by atoms with Gasteiger partial charge < -0.3 is 5.43 Å². The van der Waals surface area contributed by atoms with E-state index in [9.17, 15) is 16.8 Å². The molecular formula is C10H16N4O4S2.